The third-order valence-electron chi connectivity index (χ3n) is 1.97. The molecule has 1 N–H and O–H groups in total. The normalized spacial score (nSPS) is 13.8. The van der Waals surface area contributed by atoms with Gasteiger partial charge < -0.3 is 10.1 Å². The molecule has 0 atom stereocenters. The number of nitrogens with one attached hydrogen (secondary N) is 1. The third-order valence-corrected chi connectivity index (χ3v) is 2.13. The fourth-order valence-corrected chi connectivity index (χ4v) is 1.57. The summed E-state index contributed by atoms with van der Waals surface area (Å²) in [5.74, 6) is 1.69. The molecule has 0 radical (unpaired) electrons. The standard InChI is InChI=1S/C9H11NOS/c12-6-10-8-1-2-9-7(5-8)3-4-11-9/h1-2,5,10,12H,3-4,6H2. The molecule has 64 valence electrons. The Morgan fingerprint density at radius 2 is 2.42 bits per heavy atom. The Kier molecular flexibility index (Phi) is 2.13. The van der Waals surface area contributed by atoms with E-state index >= 15 is 0 Å². The summed E-state index contributed by atoms with van der Waals surface area (Å²) in [7, 11) is 0. The molecule has 2 nitrogen and oxygen atoms in total. The van der Waals surface area contributed by atoms with Gasteiger partial charge in [0.15, 0.2) is 0 Å². The van der Waals surface area contributed by atoms with Crippen molar-refractivity contribution in [3.63, 3.8) is 0 Å². The molecule has 1 aliphatic rings. The molecular formula is C9H11NOS. The summed E-state index contributed by atoms with van der Waals surface area (Å²) in [6.45, 7) is 0.819. The number of hydrogen-bond donors (Lipinski definition) is 2. The molecular weight excluding hydrogens is 170 g/mol. The predicted molar refractivity (Wildman–Crippen MR) is 53.1 cm³/mol. The Labute approximate surface area is 77.3 Å². The number of benzene rings is 1. The molecule has 1 aliphatic heterocycles. The highest BCUT2D eigenvalue weighted by Gasteiger charge is 2.11. The van der Waals surface area contributed by atoms with Crippen molar-refractivity contribution in [3.05, 3.63) is 23.8 Å². The lowest BCUT2D eigenvalue weighted by Gasteiger charge is -2.04. The summed E-state index contributed by atoms with van der Waals surface area (Å²) in [6.07, 6.45) is 1.03. The summed E-state index contributed by atoms with van der Waals surface area (Å²) in [5.41, 5.74) is 2.41. The SMILES string of the molecule is SCNc1ccc2c(c1)CCO2. The van der Waals surface area contributed by atoms with Crippen molar-refractivity contribution in [2.45, 2.75) is 6.42 Å². The summed E-state index contributed by atoms with van der Waals surface area (Å²) < 4.78 is 5.38. The summed E-state index contributed by atoms with van der Waals surface area (Å²) in [4.78, 5) is 0. The molecule has 0 amide bonds. The third kappa shape index (κ3) is 1.37. The summed E-state index contributed by atoms with van der Waals surface area (Å²) in [6, 6.07) is 6.15. The van der Waals surface area contributed by atoms with Crippen LogP contribution >= 0.6 is 12.6 Å². The van der Waals surface area contributed by atoms with Gasteiger partial charge in [0.2, 0.25) is 0 Å². The first kappa shape index (κ1) is 7.80. The number of rotatable bonds is 2. The van der Waals surface area contributed by atoms with E-state index in [2.05, 4.69) is 24.0 Å². The van der Waals surface area contributed by atoms with Crippen LogP contribution in [0.1, 0.15) is 5.56 Å². The van der Waals surface area contributed by atoms with Gasteiger partial charge in [-0.3, -0.25) is 0 Å². The van der Waals surface area contributed by atoms with E-state index in [1.54, 1.807) is 0 Å². The van der Waals surface area contributed by atoms with Crippen molar-refractivity contribution >= 4 is 18.3 Å². The molecule has 1 aromatic carbocycles. The minimum absolute atomic E-state index is 0.666. The maximum Gasteiger partial charge on any atom is 0.122 e. The molecule has 1 aromatic rings. The fourth-order valence-electron chi connectivity index (χ4n) is 1.39. The van der Waals surface area contributed by atoms with Gasteiger partial charge in [-0.2, -0.15) is 12.6 Å². The number of fused-ring (bicyclic) bond motifs is 1. The maximum absolute atomic E-state index is 5.38. The Bertz CT molecular complexity index is 288. The van der Waals surface area contributed by atoms with Crippen LogP contribution in [-0.2, 0) is 6.42 Å². The lowest BCUT2D eigenvalue weighted by atomic mass is 10.1. The van der Waals surface area contributed by atoms with E-state index < -0.39 is 0 Å². The second kappa shape index (κ2) is 3.27. The predicted octanol–water partition coefficient (Wildman–Crippen LogP) is 1.92. The van der Waals surface area contributed by atoms with Crippen LogP contribution < -0.4 is 10.1 Å². The van der Waals surface area contributed by atoms with Crippen molar-refractivity contribution in [1.82, 2.24) is 0 Å². The van der Waals surface area contributed by atoms with Gasteiger partial charge in [0.05, 0.1) is 12.5 Å². The van der Waals surface area contributed by atoms with Crippen LogP contribution in [0.4, 0.5) is 5.69 Å². The molecule has 1 heterocycles. The van der Waals surface area contributed by atoms with E-state index in [4.69, 9.17) is 4.74 Å². The monoisotopic (exact) mass is 181 g/mol. The zero-order chi connectivity index (χ0) is 8.39. The molecule has 3 heteroatoms. The molecule has 0 aliphatic carbocycles. The summed E-state index contributed by atoms with van der Waals surface area (Å²) in [5, 5.41) is 3.15. The van der Waals surface area contributed by atoms with Crippen LogP contribution in [0.5, 0.6) is 5.75 Å². The van der Waals surface area contributed by atoms with Crippen LogP contribution in [0.15, 0.2) is 18.2 Å². The highest BCUT2D eigenvalue weighted by Crippen LogP contribution is 2.27. The first-order valence-corrected chi connectivity index (χ1v) is 4.64. The van der Waals surface area contributed by atoms with Gasteiger partial charge in [-0.05, 0) is 23.8 Å². The molecule has 12 heavy (non-hydrogen) atoms. The Balaban J connectivity index is 2.26. The van der Waals surface area contributed by atoms with Gasteiger partial charge in [0.25, 0.3) is 0 Å². The molecule has 0 aromatic heterocycles. The smallest absolute Gasteiger partial charge is 0.122 e. The molecule has 0 fully saturated rings. The highest BCUT2D eigenvalue weighted by atomic mass is 32.1. The Morgan fingerprint density at radius 1 is 1.50 bits per heavy atom. The number of thiol groups is 1. The lowest BCUT2D eigenvalue weighted by Crippen LogP contribution is -1.94. The van der Waals surface area contributed by atoms with Gasteiger partial charge in [-0.1, -0.05) is 0 Å². The Hall–Kier alpha value is -0.830. The van der Waals surface area contributed by atoms with Crippen molar-refractivity contribution in [1.29, 1.82) is 0 Å². The fraction of sp³-hybridized carbons (Fsp3) is 0.333. The largest absolute Gasteiger partial charge is 0.493 e. The van der Waals surface area contributed by atoms with Gasteiger partial charge >= 0.3 is 0 Å². The number of hydrogen-bond acceptors (Lipinski definition) is 3. The first-order valence-electron chi connectivity index (χ1n) is 4.00. The minimum Gasteiger partial charge on any atom is -0.493 e. The maximum atomic E-state index is 5.38. The minimum atomic E-state index is 0.666. The van der Waals surface area contributed by atoms with Crippen molar-refractivity contribution in [2.24, 2.45) is 0 Å². The van der Waals surface area contributed by atoms with Crippen molar-refractivity contribution < 1.29 is 4.74 Å². The number of ether oxygens (including phenoxy) is 1. The number of anilines is 1. The molecule has 0 saturated heterocycles. The van der Waals surface area contributed by atoms with E-state index in [9.17, 15) is 0 Å². The van der Waals surface area contributed by atoms with Crippen LogP contribution in [-0.4, -0.2) is 12.5 Å². The van der Waals surface area contributed by atoms with Gasteiger partial charge in [-0.15, -0.1) is 0 Å². The molecule has 2 rings (SSSR count). The van der Waals surface area contributed by atoms with E-state index in [1.165, 1.54) is 5.56 Å². The lowest BCUT2D eigenvalue weighted by molar-refractivity contribution is 0.357. The molecule has 0 saturated carbocycles. The van der Waals surface area contributed by atoms with E-state index in [1.807, 2.05) is 12.1 Å². The van der Waals surface area contributed by atoms with E-state index in [0.29, 0.717) is 5.88 Å². The van der Waals surface area contributed by atoms with Crippen LogP contribution in [0, 0.1) is 0 Å². The van der Waals surface area contributed by atoms with E-state index in [0.717, 1.165) is 24.5 Å². The van der Waals surface area contributed by atoms with Crippen molar-refractivity contribution in [3.8, 4) is 5.75 Å². The summed E-state index contributed by atoms with van der Waals surface area (Å²) >= 11 is 4.09. The van der Waals surface area contributed by atoms with Crippen LogP contribution in [0.25, 0.3) is 0 Å². The molecule has 0 unspecified atom stereocenters. The molecule has 0 bridgehead atoms. The zero-order valence-electron chi connectivity index (χ0n) is 6.71. The van der Waals surface area contributed by atoms with Gasteiger partial charge in [0.1, 0.15) is 5.75 Å². The quantitative estimate of drug-likeness (QED) is 0.537. The first-order chi connectivity index (χ1) is 5.90. The second-order valence-corrected chi connectivity index (χ2v) is 3.07. The van der Waals surface area contributed by atoms with E-state index in [-0.39, 0.29) is 0 Å². The van der Waals surface area contributed by atoms with Crippen LogP contribution in [0.2, 0.25) is 0 Å². The Morgan fingerprint density at radius 3 is 3.25 bits per heavy atom. The van der Waals surface area contributed by atoms with Crippen molar-refractivity contribution in [2.75, 3.05) is 17.8 Å². The average molecular weight is 181 g/mol. The highest BCUT2D eigenvalue weighted by molar-refractivity contribution is 7.80. The van der Waals surface area contributed by atoms with Gasteiger partial charge in [0, 0.05) is 12.1 Å². The zero-order valence-corrected chi connectivity index (χ0v) is 7.60. The van der Waals surface area contributed by atoms with Gasteiger partial charge in [-0.25, -0.2) is 0 Å². The molecule has 0 spiro atoms. The topological polar surface area (TPSA) is 21.3 Å². The average Bonchev–Trinajstić information content (AvgIpc) is 2.51. The van der Waals surface area contributed by atoms with Crippen LogP contribution in [0.3, 0.4) is 0 Å². The second-order valence-electron chi connectivity index (χ2n) is 2.76.